The van der Waals surface area contributed by atoms with Crippen LogP contribution < -0.4 is 5.32 Å². The Bertz CT molecular complexity index is 719. The maximum atomic E-state index is 13.7. The van der Waals surface area contributed by atoms with E-state index >= 15 is 0 Å². The van der Waals surface area contributed by atoms with Crippen LogP contribution >= 0.6 is 0 Å². The zero-order chi connectivity index (χ0) is 23.0. The predicted molar refractivity (Wildman–Crippen MR) is 114 cm³/mol. The lowest BCUT2D eigenvalue weighted by Gasteiger charge is -2.35. The fourth-order valence-electron chi connectivity index (χ4n) is 5.86. The molecule has 31 heavy (non-hydrogen) atoms. The Morgan fingerprint density at radius 2 is 1.94 bits per heavy atom. The molecule has 0 aliphatic carbocycles. The van der Waals surface area contributed by atoms with Gasteiger partial charge in [-0.15, -0.1) is 0 Å². The number of hydrogen-bond acceptors (Lipinski definition) is 6. The number of fused-ring (bicyclic) bond motifs is 1. The van der Waals surface area contributed by atoms with Gasteiger partial charge in [-0.2, -0.15) is 0 Å². The summed E-state index contributed by atoms with van der Waals surface area (Å²) in [5.74, 6) is -2.21. The number of nitrogens with zero attached hydrogens (tertiary/aromatic N) is 1. The summed E-state index contributed by atoms with van der Waals surface area (Å²) in [5, 5.41) is 12.1. The third-order valence-corrected chi connectivity index (χ3v) is 7.03. The maximum Gasteiger partial charge on any atom is 0.312 e. The highest BCUT2D eigenvalue weighted by Crippen LogP contribution is 2.64. The van der Waals surface area contributed by atoms with E-state index in [1.54, 1.807) is 11.8 Å². The number of hydrogen-bond donors (Lipinski definition) is 2. The topological polar surface area (TPSA) is 105 Å². The second kappa shape index (κ2) is 8.70. The van der Waals surface area contributed by atoms with Gasteiger partial charge < -0.3 is 24.8 Å². The molecule has 0 saturated carbocycles. The van der Waals surface area contributed by atoms with Crippen LogP contribution in [0.25, 0.3) is 0 Å². The van der Waals surface area contributed by atoms with E-state index in [2.05, 4.69) is 5.32 Å². The molecule has 2 unspecified atom stereocenters. The molecule has 2 bridgehead atoms. The summed E-state index contributed by atoms with van der Waals surface area (Å²) in [6.07, 6.45) is 3.88. The van der Waals surface area contributed by atoms with E-state index in [4.69, 9.17) is 14.6 Å². The minimum atomic E-state index is -1.00. The number of likely N-dealkylation sites (tertiary alicyclic amines) is 1. The fourth-order valence-corrected chi connectivity index (χ4v) is 5.86. The first kappa shape index (κ1) is 24.0. The minimum absolute atomic E-state index is 0.0987. The Labute approximate surface area is 185 Å². The van der Waals surface area contributed by atoms with Crippen LogP contribution in [0.3, 0.4) is 0 Å². The average molecular weight is 439 g/mol. The first-order valence-corrected chi connectivity index (χ1v) is 11.7. The third-order valence-electron chi connectivity index (χ3n) is 7.03. The van der Waals surface area contributed by atoms with E-state index in [0.717, 1.165) is 6.42 Å². The zero-order valence-electron chi connectivity index (χ0n) is 19.5. The molecule has 1 spiro atoms. The number of aliphatic hydroxyl groups excluding tert-OH is 1. The summed E-state index contributed by atoms with van der Waals surface area (Å²) in [5.41, 5.74) is -2.22. The van der Waals surface area contributed by atoms with Crippen molar-refractivity contribution >= 4 is 17.8 Å². The van der Waals surface area contributed by atoms with Crippen molar-refractivity contribution in [2.24, 2.45) is 11.8 Å². The van der Waals surface area contributed by atoms with Crippen molar-refractivity contribution in [3.63, 3.8) is 0 Å². The summed E-state index contributed by atoms with van der Waals surface area (Å²) in [4.78, 5) is 41.8. The molecule has 8 heteroatoms. The van der Waals surface area contributed by atoms with Gasteiger partial charge in [-0.1, -0.05) is 6.92 Å². The smallest absolute Gasteiger partial charge is 0.312 e. The number of carbonyl (C=O) groups is 3. The van der Waals surface area contributed by atoms with Gasteiger partial charge >= 0.3 is 5.97 Å². The van der Waals surface area contributed by atoms with Crippen LogP contribution in [-0.2, 0) is 23.9 Å². The van der Waals surface area contributed by atoms with Crippen LogP contribution in [0.5, 0.6) is 0 Å². The summed E-state index contributed by atoms with van der Waals surface area (Å²) in [6, 6.07) is -0.772. The second-order valence-corrected chi connectivity index (χ2v) is 10.1. The Balaban J connectivity index is 1.99. The van der Waals surface area contributed by atoms with Crippen LogP contribution in [0.4, 0.5) is 0 Å². The third kappa shape index (κ3) is 3.97. The highest BCUT2D eigenvalue weighted by molar-refractivity contribution is 5.98. The van der Waals surface area contributed by atoms with Gasteiger partial charge in [0, 0.05) is 18.7 Å². The molecule has 2 amide bonds. The highest BCUT2D eigenvalue weighted by atomic mass is 16.6. The molecular weight excluding hydrogens is 400 g/mol. The number of rotatable bonds is 9. The number of nitrogens with one attached hydrogen (secondary N) is 1. The van der Waals surface area contributed by atoms with Crippen LogP contribution in [0.1, 0.15) is 73.1 Å². The number of ether oxygens (including phenoxy) is 2. The average Bonchev–Trinajstić information content (AvgIpc) is 3.28. The van der Waals surface area contributed by atoms with Gasteiger partial charge in [-0.05, 0) is 66.2 Å². The molecule has 8 nitrogen and oxygen atoms in total. The van der Waals surface area contributed by atoms with E-state index in [-0.39, 0.29) is 25.0 Å². The van der Waals surface area contributed by atoms with Crippen molar-refractivity contribution < 1.29 is 29.0 Å². The first-order chi connectivity index (χ1) is 14.6. The van der Waals surface area contributed by atoms with Crippen molar-refractivity contribution in [3.8, 4) is 0 Å². The molecule has 0 aromatic rings. The highest BCUT2D eigenvalue weighted by Gasteiger charge is 2.79. The van der Waals surface area contributed by atoms with E-state index in [0.29, 0.717) is 38.6 Å². The SMILES string of the molecule is CCOC(=O)[C@H]1[C@H]2C(=O)N(CCCCCO)C(C(=O)NC(C)(C)C)C23CC[C@]1(CC)O3. The zero-order valence-corrected chi connectivity index (χ0v) is 19.5. The van der Waals surface area contributed by atoms with Gasteiger partial charge in [-0.3, -0.25) is 14.4 Å². The van der Waals surface area contributed by atoms with E-state index in [9.17, 15) is 14.4 Å². The Morgan fingerprint density at radius 3 is 2.52 bits per heavy atom. The van der Waals surface area contributed by atoms with E-state index in [1.807, 2.05) is 27.7 Å². The van der Waals surface area contributed by atoms with Crippen molar-refractivity contribution in [2.45, 2.75) is 95.9 Å². The van der Waals surface area contributed by atoms with Gasteiger partial charge in [0.1, 0.15) is 17.6 Å². The Kier molecular flexibility index (Phi) is 6.73. The van der Waals surface area contributed by atoms with Crippen LogP contribution in [0.15, 0.2) is 0 Å². The molecule has 3 fully saturated rings. The predicted octanol–water partition coefficient (Wildman–Crippen LogP) is 1.78. The van der Waals surface area contributed by atoms with Gasteiger partial charge in [-0.25, -0.2) is 0 Å². The van der Waals surface area contributed by atoms with E-state index in [1.165, 1.54) is 0 Å². The number of aliphatic hydroxyl groups is 1. The van der Waals surface area contributed by atoms with Gasteiger partial charge in [0.25, 0.3) is 0 Å². The van der Waals surface area contributed by atoms with Crippen LogP contribution in [-0.4, -0.2) is 70.3 Å². The van der Waals surface area contributed by atoms with Crippen molar-refractivity contribution in [1.29, 1.82) is 0 Å². The van der Waals surface area contributed by atoms with Crippen LogP contribution in [0, 0.1) is 11.8 Å². The van der Waals surface area contributed by atoms with Crippen LogP contribution in [0.2, 0.25) is 0 Å². The molecule has 3 rings (SSSR count). The summed E-state index contributed by atoms with van der Waals surface area (Å²) >= 11 is 0. The van der Waals surface area contributed by atoms with Crippen molar-refractivity contribution in [2.75, 3.05) is 19.8 Å². The molecule has 0 aromatic heterocycles. The number of unbranched alkanes of at least 4 members (excludes halogenated alkanes) is 2. The summed E-state index contributed by atoms with van der Waals surface area (Å²) < 4.78 is 12.0. The molecule has 3 aliphatic heterocycles. The lowest BCUT2D eigenvalue weighted by Crippen LogP contribution is -2.58. The second-order valence-electron chi connectivity index (χ2n) is 10.1. The fraction of sp³-hybridized carbons (Fsp3) is 0.870. The summed E-state index contributed by atoms with van der Waals surface area (Å²) in [7, 11) is 0. The maximum absolute atomic E-state index is 13.7. The number of esters is 1. The molecule has 2 N–H and O–H groups in total. The normalized spacial score (nSPS) is 34.2. The quantitative estimate of drug-likeness (QED) is 0.420. The monoisotopic (exact) mass is 438 g/mol. The summed E-state index contributed by atoms with van der Waals surface area (Å²) in [6.45, 7) is 10.2. The Morgan fingerprint density at radius 1 is 1.23 bits per heavy atom. The minimum Gasteiger partial charge on any atom is -0.466 e. The van der Waals surface area contributed by atoms with E-state index < -0.39 is 40.6 Å². The van der Waals surface area contributed by atoms with Crippen molar-refractivity contribution in [1.82, 2.24) is 10.2 Å². The molecule has 0 aromatic carbocycles. The lowest BCUT2D eigenvalue weighted by atomic mass is 9.65. The molecule has 5 atom stereocenters. The number of amides is 2. The van der Waals surface area contributed by atoms with Gasteiger partial charge in [0.05, 0.1) is 18.1 Å². The lowest BCUT2D eigenvalue weighted by molar-refractivity contribution is -0.160. The number of carbonyl (C=O) groups excluding carboxylic acids is 3. The standard InChI is InChI=1S/C23H38N2O6/c1-6-22-11-12-23(31-22)15(16(22)20(29)30-7-2)19(28)25(13-9-8-10-14-26)17(23)18(27)24-21(3,4)5/h15-17,26H,6-14H2,1-5H3,(H,24,27)/t15-,16+,17?,22-,23?/m0/s1. The molecular formula is C23H38N2O6. The van der Waals surface area contributed by atoms with Gasteiger partial charge in [0.2, 0.25) is 11.8 Å². The molecule has 3 heterocycles. The molecule has 176 valence electrons. The molecule has 0 radical (unpaired) electrons. The first-order valence-electron chi connectivity index (χ1n) is 11.7. The largest absolute Gasteiger partial charge is 0.466 e. The Hall–Kier alpha value is -1.67. The molecule has 3 aliphatic rings. The van der Waals surface area contributed by atoms with Crippen molar-refractivity contribution in [3.05, 3.63) is 0 Å². The molecule has 3 saturated heterocycles. The van der Waals surface area contributed by atoms with Gasteiger partial charge in [0.15, 0.2) is 0 Å².